The van der Waals surface area contributed by atoms with Crippen LogP contribution in [-0.4, -0.2) is 70.9 Å². The van der Waals surface area contributed by atoms with Crippen LogP contribution < -0.4 is 10.8 Å². The van der Waals surface area contributed by atoms with Crippen LogP contribution in [0.2, 0.25) is 0 Å². The van der Waals surface area contributed by atoms with Crippen LogP contribution in [0.5, 0.6) is 0 Å². The minimum Gasteiger partial charge on any atom is -0.365 e. The van der Waals surface area contributed by atoms with Gasteiger partial charge in [0.15, 0.2) is 11.5 Å². The number of carbonyl (C=O) groups is 1. The maximum atomic E-state index is 13.4. The number of rotatable bonds is 5. The van der Waals surface area contributed by atoms with Crippen LogP contribution in [0.4, 0.5) is 20.7 Å². The smallest absolute Gasteiger partial charge is 0.319 e. The number of benzene rings is 1. The zero-order chi connectivity index (χ0) is 20.3. The quantitative estimate of drug-likeness (QED) is 0.358. The van der Waals surface area contributed by atoms with Gasteiger partial charge in [0.25, 0.3) is 0 Å². The van der Waals surface area contributed by atoms with E-state index in [1.165, 1.54) is 23.1 Å². The molecule has 1 aromatic heterocycles. The fraction of sp³-hybridized carbons (Fsp3) is 0.375. The summed E-state index contributed by atoms with van der Waals surface area (Å²) in [5.74, 6) is 0.105. The first-order valence-corrected chi connectivity index (χ1v) is 9.15. The van der Waals surface area contributed by atoms with Gasteiger partial charge in [-0.3, -0.25) is 10.7 Å². The molecule has 3 rings (SSSR count). The zero-order valence-corrected chi connectivity index (χ0v) is 16.8. The Hall–Kier alpha value is -2.73. The SMILES string of the molecule is CN(C)C(=O)N1CC(CNc2nonc2C(=Nc2ccc(F)c(Br)c2)NO)C1. The van der Waals surface area contributed by atoms with Crippen molar-refractivity contribution in [1.82, 2.24) is 25.6 Å². The van der Waals surface area contributed by atoms with Gasteiger partial charge in [0.2, 0.25) is 5.82 Å². The molecule has 12 heteroatoms. The maximum absolute atomic E-state index is 13.4. The third-order valence-electron chi connectivity index (χ3n) is 4.13. The zero-order valence-electron chi connectivity index (χ0n) is 15.2. The Morgan fingerprint density at radius 2 is 2.21 bits per heavy atom. The Balaban J connectivity index is 1.65. The number of amidine groups is 1. The third kappa shape index (κ3) is 4.39. The number of aliphatic imine (C=N–C) groups is 1. The summed E-state index contributed by atoms with van der Waals surface area (Å²) >= 11 is 3.08. The fourth-order valence-electron chi connectivity index (χ4n) is 2.65. The lowest BCUT2D eigenvalue weighted by molar-refractivity contribution is 0.107. The van der Waals surface area contributed by atoms with Crippen molar-refractivity contribution in [2.24, 2.45) is 10.9 Å². The van der Waals surface area contributed by atoms with Crippen molar-refractivity contribution in [2.75, 3.05) is 39.0 Å². The van der Waals surface area contributed by atoms with E-state index in [9.17, 15) is 14.4 Å². The van der Waals surface area contributed by atoms with Gasteiger partial charge in [-0.05, 0) is 44.4 Å². The largest absolute Gasteiger partial charge is 0.365 e. The molecule has 0 spiro atoms. The normalized spacial score (nSPS) is 14.6. The van der Waals surface area contributed by atoms with Gasteiger partial charge in [-0.2, -0.15) is 0 Å². The first-order valence-electron chi connectivity index (χ1n) is 8.36. The highest BCUT2D eigenvalue weighted by Gasteiger charge is 2.31. The average molecular weight is 456 g/mol. The number of carbonyl (C=O) groups excluding carboxylic acids is 1. The number of likely N-dealkylation sites (tertiary alicyclic amines) is 1. The summed E-state index contributed by atoms with van der Waals surface area (Å²) in [6.45, 7) is 1.81. The van der Waals surface area contributed by atoms with Gasteiger partial charge < -0.3 is 15.1 Å². The van der Waals surface area contributed by atoms with Gasteiger partial charge in [-0.15, -0.1) is 0 Å². The van der Waals surface area contributed by atoms with Crippen LogP contribution in [0.3, 0.4) is 0 Å². The predicted molar refractivity (Wildman–Crippen MR) is 102 cm³/mol. The van der Waals surface area contributed by atoms with E-state index in [4.69, 9.17) is 4.63 Å². The van der Waals surface area contributed by atoms with Gasteiger partial charge in [0.1, 0.15) is 5.82 Å². The van der Waals surface area contributed by atoms with Crippen molar-refractivity contribution < 1.29 is 19.0 Å². The Labute approximate surface area is 168 Å². The summed E-state index contributed by atoms with van der Waals surface area (Å²) in [5, 5.41) is 20.1. The lowest BCUT2D eigenvalue weighted by Gasteiger charge is -2.40. The molecule has 0 saturated carbocycles. The first-order chi connectivity index (χ1) is 13.4. The van der Waals surface area contributed by atoms with Gasteiger partial charge >= 0.3 is 6.03 Å². The average Bonchev–Trinajstić information content (AvgIpc) is 3.09. The third-order valence-corrected chi connectivity index (χ3v) is 4.74. The minimum atomic E-state index is -0.426. The molecule has 2 aromatic rings. The molecule has 2 amide bonds. The molecular formula is C16H19BrFN7O3. The molecule has 1 fully saturated rings. The predicted octanol–water partition coefficient (Wildman–Crippen LogP) is 2.05. The molecule has 1 aromatic carbocycles. The van der Waals surface area contributed by atoms with E-state index in [-0.39, 0.29) is 28.0 Å². The lowest BCUT2D eigenvalue weighted by atomic mass is 10.0. The molecule has 1 aliphatic rings. The highest BCUT2D eigenvalue weighted by molar-refractivity contribution is 9.10. The number of hydroxylamine groups is 1. The van der Waals surface area contributed by atoms with E-state index in [0.29, 0.717) is 31.1 Å². The second-order valence-corrected chi connectivity index (χ2v) is 7.32. The van der Waals surface area contributed by atoms with Gasteiger partial charge in [0.05, 0.1) is 10.2 Å². The second kappa shape index (κ2) is 8.52. The number of halogens is 2. The van der Waals surface area contributed by atoms with Crippen LogP contribution in [0, 0.1) is 11.7 Å². The highest BCUT2D eigenvalue weighted by atomic mass is 79.9. The van der Waals surface area contributed by atoms with E-state index in [1.54, 1.807) is 19.0 Å². The van der Waals surface area contributed by atoms with E-state index < -0.39 is 5.82 Å². The molecule has 0 radical (unpaired) electrons. The molecule has 28 heavy (non-hydrogen) atoms. The van der Waals surface area contributed by atoms with Crippen molar-refractivity contribution in [3.8, 4) is 0 Å². The van der Waals surface area contributed by atoms with Crippen molar-refractivity contribution in [3.63, 3.8) is 0 Å². The van der Waals surface area contributed by atoms with Crippen LogP contribution >= 0.6 is 15.9 Å². The Bertz CT molecular complexity index is 883. The summed E-state index contributed by atoms with van der Waals surface area (Å²) in [5.41, 5.74) is 2.51. The topological polar surface area (TPSA) is 119 Å². The van der Waals surface area contributed by atoms with E-state index >= 15 is 0 Å². The second-order valence-electron chi connectivity index (χ2n) is 6.46. The highest BCUT2D eigenvalue weighted by Crippen LogP contribution is 2.23. The van der Waals surface area contributed by atoms with Crippen molar-refractivity contribution in [2.45, 2.75) is 0 Å². The van der Waals surface area contributed by atoms with Gasteiger partial charge in [-0.1, -0.05) is 0 Å². The molecule has 3 N–H and O–H groups in total. The minimum absolute atomic E-state index is 0.0136. The molecule has 2 heterocycles. The number of nitrogens with one attached hydrogen (secondary N) is 2. The van der Waals surface area contributed by atoms with Crippen LogP contribution in [0.15, 0.2) is 32.3 Å². The van der Waals surface area contributed by atoms with Crippen LogP contribution in [0.25, 0.3) is 0 Å². The molecular weight excluding hydrogens is 437 g/mol. The molecule has 10 nitrogen and oxygen atoms in total. The first kappa shape index (κ1) is 20.0. The van der Waals surface area contributed by atoms with Crippen molar-refractivity contribution in [1.29, 1.82) is 0 Å². The maximum Gasteiger partial charge on any atom is 0.319 e. The van der Waals surface area contributed by atoms with E-state index in [0.717, 1.165) is 0 Å². The molecule has 0 atom stereocenters. The van der Waals surface area contributed by atoms with Crippen LogP contribution in [-0.2, 0) is 0 Å². The number of amides is 2. The summed E-state index contributed by atoms with van der Waals surface area (Å²) in [7, 11) is 3.42. The van der Waals surface area contributed by atoms with Crippen LogP contribution in [0.1, 0.15) is 5.69 Å². The lowest BCUT2D eigenvalue weighted by Crippen LogP contribution is -2.55. The van der Waals surface area contributed by atoms with E-state index in [2.05, 4.69) is 36.6 Å². The Morgan fingerprint density at radius 1 is 1.46 bits per heavy atom. The molecule has 0 aliphatic carbocycles. The Kier molecular flexibility index (Phi) is 6.09. The Morgan fingerprint density at radius 3 is 2.86 bits per heavy atom. The number of aromatic nitrogens is 2. The molecule has 0 unspecified atom stereocenters. The number of anilines is 1. The fourth-order valence-corrected chi connectivity index (χ4v) is 3.02. The summed E-state index contributed by atoms with van der Waals surface area (Å²) in [6, 6.07) is 4.13. The standard InChI is InChI=1S/C16H19BrFN7O3/c1-24(2)16(26)25-7-9(8-25)6-19-14-13(22-28-23-14)15(21-27)20-10-3-4-12(18)11(17)5-10/h3-5,9,27H,6-8H2,1-2H3,(H,19,23)(H,20,21). The number of urea groups is 1. The summed E-state index contributed by atoms with van der Waals surface area (Å²) < 4.78 is 18.3. The number of hydrogen-bond donors (Lipinski definition) is 3. The molecule has 1 aliphatic heterocycles. The van der Waals surface area contributed by atoms with Gasteiger partial charge in [0, 0.05) is 39.6 Å². The molecule has 150 valence electrons. The monoisotopic (exact) mass is 455 g/mol. The summed E-state index contributed by atoms with van der Waals surface area (Å²) in [4.78, 5) is 19.3. The van der Waals surface area contributed by atoms with E-state index in [1.807, 2.05) is 5.48 Å². The molecule has 1 saturated heterocycles. The summed E-state index contributed by atoms with van der Waals surface area (Å²) in [6.07, 6.45) is 0. The van der Waals surface area contributed by atoms with Crippen molar-refractivity contribution in [3.05, 3.63) is 34.2 Å². The van der Waals surface area contributed by atoms with Crippen molar-refractivity contribution >= 4 is 39.3 Å². The number of nitrogens with zero attached hydrogens (tertiary/aromatic N) is 5. The number of hydrogen-bond acceptors (Lipinski definition) is 7. The van der Waals surface area contributed by atoms with Gasteiger partial charge in [-0.25, -0.2) is 18.8 Å². The molecule has 0 bridgehead atoms.